The Kier molecular flexibility index (Phi) is 6.91. The highest BCUT2D eigenvalue weighted by Crippen LogP contribution is 2.04. The van der Waals surface area contributed by atoms with Gasteiger partial charge in [0.1, 0.15) is 0 Å². The third-order valence-corrected chi connectivity index (χ3v) is 3.09. The Morgan fingerprint density at radius 2 is 1.88 bits per heavy atom. The normalized spacial score (nSPS) is 12.6. The number of hydrogen-bond acceptors (Lipinski definition) is 1. The lowest BCUT2D eigenvalue weighted by atomic mass is 10.1. The zero-order valence-electron chi connectivity index (χ0n) is 10.7. The molecular formula is C15H25N. The van der Waals surface area contributed by atoms with Crippen molar-refractivity contribution in [3.8, 4) is 0 Å². The maximum atomic E-state index is 3.65. The molecule has 1 unspecified atom stereocenters. The smallest absolute Gasteiger partial charge is 0.00645 e. The van der Waals surface area contributed by atoms with Crippen molar-refractivity contribution in [3.63, 3.8) is 0 Å². The molecule has 0 saturated carbocycles. The van der Waals surface area contributed by atoms with Gasteiger partial charge < -0.3 is 5.32 Å². The van der Waals surface area contributed by atoms with Crippen molar-refractivity contribution in [1.82, 2.24) is 5.32 Å². The van der Waals surface area contributed by atoms with Crippen LogP contribution >= 0.6 is 0 Å². The highest BCUT2D eigenvalue weighted by Gasteiger charge is 2.03. The molecule has 0 saturated heterocycles. The summed E-state index contributed by atoms with van der Waals surface area (Å²) in [6.07, 6.45) is 6.35. The Balaban J connectivity index is 2.18. The van der Waals surface area contributed by atoms with E-state index in [-0.39, 0.29) is 0 Å². The van der Waals surface area contributed by atoms with E-state index < -0.39 is 0 Å². The molecule has 1 rings (SSSR count). The van der Waals surface area contributed by atoms with Crippen LogP contribution in [0.25, 0.3) is 0 Å². The molecule has 0 aromatic heterocycles. The topological polar surface area (TPSA) is 12.0 Å². The van der Waals surface area contributed by atoms with Gasteiger partial charge >= 0.3 is 0 Å². The Labute approximate surface area is 100 Å². The summed E-state index contributed by atoms with van der Waals surface area (Å²) in [6, 6.07) is 11.4. The van der Waals surface area contributed by atoms with Gasteiger partial charge in [-0.2, -0.15) is 0 Å². The summed E-state index contributed by atoms with van der Waals surface area (Å²) < 4.78 is 0. The summed E-state index contributed by atoms with van der Waals surface area (Å²) in [5, 5.41) is 3.65. The summed E-state index contributed by atoms with van der Waals surface area (Å²) in [7, 11) is 0. The van der Waals surface area contributed by atoms with Crippen molar-refractivity contribution in [1.29, 1.82) is 0 Å². The van der Waals surface area contributed by atoms with Crippen LogP contribution in [0.2, 0.25) is 0 Å². The van der Waals surface area contributed by atoms with E-state index in [0.717, 1.165) is 13.0 Å². The van der Waals surface area contributed by atoms with Crippen molar-refractivity contribution in [3.05, 3.63) is 35.9 Å². The average molecular weight is 219 g/mol. The Bertz CT molecular complexity index is 255. The molecule has 0 bridgehead atoms. The predicted molar refractivity (Wildman–Crippen MR) is 71.8 cm³/mol. The van der Waals surface area contributed by atoms with E-state index in [1.54, 1.807) is 0 Å². The summed E-state index contributed by atoms with van der Waals surface area (Å²) >= 11 is 0. The quantitative estimate of drug-likeness (QED) is 0.701. The number of rotatable bonds is 8. The minimum Gasteiger partial charge on any atom is -0.314 e. The molecule has 90 valence electrons. The molecule has 1 N–H and O–H groups in total. The first-order valence-electron chi connectivity index (χ1n) is 6.64. The van der Waals surface area contributed by atoms with E-state index >= 15 is 0 Å². The molecule has 1 aromatic rings. The van der Waals surface area contributed by atoms with E-state index in [1.807, 2.05) is 0 Å². The first-order chi connectivity index (χ1) is 7.86. The van der Waals surface area contributed by atoms with Crippen LogP contribution in [-0.2, 0) is 6.42 Å². The highest BCUT2D eigenvalue weighted by atomic mass is 14.9. The standard InChI is InChI=1S/C15H25N/c1-3-5-11-15(4-2)16-13-12-14-9-7-6-8-10-14/h6-10,15-16H,3-5,11-13H2,1-2H3. The van der Waals surface area contributed by atoms with Gasteiger partial charge in [0.05, 0.1) is 0 Å². The van der Waals surface area contributed by atoms with Gasteiger partial charge in [-0.15, -0.1) is 0 Å². The number of benzene rings is 1. The number of hydrogen-bond donors (Lipinski definition) is 1. The fourth-order valence-corrected chi connectivity index (χ4v) is 1.97. The first kappa shape index (κ1) is 13.2. The average Bonchev–Trinajstić information content (AvgIpc) is 2.35. The Hall–Kier alpha value is -0.820. The van der Waals surface area contributed by atoms with Crippen LogP contribution in [0, 0.1) is 0 Å². The van der Waals surface area contributed by atoms with Gasteiger partial charge in [0.15, 0.2) is 0 Å². The van der Waals surface area contributed by atoms with Crippen molar-refractivity contribution in [2.45, 2.75) is 52.0 Å². The van der Waals surface area contributed by atoms with Crippen molar-refractivity contribution in [2.75, 3.05) is 6.54 Å². The zero-order valence-corrected chi connectivity index (χ0v) is 10.7. The molecule has 0 heterocycles. The highest BCUT2D eigenvalue weighted by molar-refractivity contribution is 5.14. The minimum absolute atomic E-state index is 0.712. The molecule has 0 fully saturated rings. The molecule has 16 heavy (non-hydrogen) atoms. The van der Waals surface area contributed by atoms with E-state index in [1.165, 1.54) is 31.2 Å². The zero-order chi connectivity index (χ0) is 11.6. The van der Waals surface area contributed by atoms with Crippen LogP contribution in [0.15, 0.2) is 30.3 Å². The SMILES string of the molecule is CCCCC(CC)NCCc1ccccc1. The van der Waals surface area contributed by atoms with Crippen molar-refractivity contribution in [2.24, 2.45) is 0 Å². The molecule has 1 nitrogen and oxygen atoms in total. The molecule has 1 heteroatoms. The van der Waals surface area contributed by atoms with Crippen LogP contribution in [0.5, 0.6) is 0 Å². The van der Waals surface area contributed by atoms with Crippen LogP contribution in [0.1, 0.15) is 45.1 Å². The van der Waals surface area contributed by atoms with Gasteiger partial charge in [-0.1, -0.05) is 57.0 Å². The van der Waals surface area contributed by atoms with Crippen LogP contribution in [0.4, 0.5) is 0 Å². The summed E-state index contributed by atoms with van der Waals surface area (Å²) in [6.45, 7) is 5.64. The van der Waals surface area contributed by atoms with Gasteiger partial charge in [-0.3, -0.25) is 0 Å². The number of unbranched alkanes of at least 4 members (excludes halogenated alkanes) is 1. The van der Waals surface area contributed by atoms with Crippen molar-refractivity contribution >= 4 is 0 Å². The number of nitrogens with one attached hydrogen (secondary N) is 1. The Morgan fingerprint density at radius 1 is 1.12 bits per heavy atom. The molecule has 0 aliphatic heterocycles. The predicted octanol–water partition coefficient (Wildman–Crippen LogP) is 3.79. The monoisotopic (exact) mass is 219 g/mol. The van der Waals surface area contributed by atoms with Gasteiger partial charge in [0, 0.05) is 6.04 Å². The van der Waals surface area contributed by atoms with Crippen molar-refractivity contribution < 1.29 is 0 Å². The molecular weight excluding hydrogens is 194 g/mol. The molecule has 0 aliphatic carbocycles. The Morgan fingerprint density at radius 3 is 2.50 bits per heavy atom. The van der Waals surface area contributed by atoms with Crippen LogP contribution in [0.3, 0.4) is 0 Å². The lowest BCUT2D eigenvalue weighted by molar-refractivity contribution is 0.456. The molecule has 1 atom stereocenters. The largest absolute Gasteiger partial charge is 0.314 e. The molecule has 0 amide bonds. The summed E-state index contributed by atoms with van der Waals surface area (Å²) in [4.78, 5) is 0. The lowest BCUT2D eigenvalue weighted by Crippen LogP contribution is -2.30. The van der Waals surface area contributed by atoms with Gasteiger partial charge in [-0.25, -0.2) is 0 Å². The van der Waals surface area contributed by atoms with Gasteiger partial charge in [0.25, 0.3) is 0 Å². The van der Waals surface area contributed by atoms with E-state index in [2.05, 4.69) is 49.5 Å². The maximum Gasteiger partial charge on any atom is 0.00645 e. The third kappa shape index (κ3) is 5.32. The molecule has 0 spiro atoms. The van der Waals surface area contributed by atoms with Crippen LogP contribution < -0.4 is 5.32 Å². The van der Waals surface area contributed by atoms with Gasteiger partial charge in [-0.05, 0) is 31.4 Å². The molecule has 0 radical (unpaired) electrons. The molecule has 1 aromatic carbocycles. The minimum atomic E-state index is 0.712. The summed E-state index contributed by atoms with van der Waals surface area (Å²) in [5.41, 5.74) is 1.43. The van der Waals surface area contributed by atoms with E-state index in [9.17, 15) is 0 Å². The maximum absolute atomic E-state index is 3.65. The lowest BCUT2D eigenvalue weighted by Gasteiger charge is -2.16. The summed E-state index contributed by atoms with van der Waals surface area (Å²) in [5.74, 6) is 0. The van der Waals surface area contributed by atoms with Crippen LogP contribution in [-0.4, -0.2) is 12.6 Å². The van der Waals surface area contributed by atoms with Gasteiger partial charge in [0.2, 0.25) is 0 Å². The fourth-order valence-electron chi connectivity index (χ4n) is 1.97. The fraction of sp³-hybridized carbons (Fsp3) is 0.600. The third-order valence-electron chi connectivity index (χ3n) is 3.09. The second-order valence-corrected chi connectivity index (χ2v) is 4.44. The van der Waals surface area contributed by atoms with E-state index in [0.29, 0.717) is 6.04 Å². The molecule has 0 aliphatic rings. The first-order valence-corrected chi connectivity index (χ1v) is 6.64. The second-order valence-electron chi connectivity index (χ2n) is 4.44. The van der Waals surface area contributed by atoms with E-state index in [4.69, 9.17) is 0 Å². The second kappa shape index (κ2) is 8.35.